The predicted octanol–water partition coefficient (Wildman–Crippen LogP) is 3.73. The van der Waals surface area contributed by atoms with Gasteiger partial charge in [0.25, 0.3) is 0 Å². The van der Waals surface area contributed by atoms with E-state index in [-0.39, 0.29) is 5.75 Å². The number of phenolic OH excluding ortho intramolecular Hbond substituents is 1. The number of para-hydroxylation sites is 1. The highest BCUT2D eigenvalue weighted by Crippen LogP contribution is 2.24. The number of phenols is 1. The normalized spacial score (nSPS) is 10.4. The van der Waals surface area contributed by atoms with E-state index in [0.717, 1.165) is 10.9 Å². The summed E-state index contributed by atoms with van der Waals surface area (Å²) in [4.78, 5) is 4.40. The van der Waals surface area contributed by atoms with Crippen LogP contribution in [-0.2, 0) is 0 Å². The Labute approximate surface area is 104 Å². The van der Waals surface area contributed by atoms with E-state index in [4.69, 9.17) is 4.74 Å². The average Bonchev–Trinajstić information content (AvgIpc) is 2.39. The second kappa shape index (κ2) is 4.37. The molecule has 3 rings (SSSR count). The average molecular weight is 237 g/mol. The second-order valence-electron chi connectivity index (χ2n) is 3.94. The lowest BCUT2D eigenvalue weighted by Crippen LogP contribution is -1.88. The van der Waals surface area contributed by atoms with Crippen LogP contribution in [0.1, 0.15) is 0 Å². The Bertz CT molecular complexity index is 695. The molecule has 0 bridgehead atoms. The number of rotatable bonds is 2. The highest BCUT2D eigenvalue weighted by Gasteiger charge is 2.01. The zero-order chi connectivity index (χ0) is 12.4. The molecular weight excluding hydrogens is 226 g/mol. The number of nitrogens with zero attached hydrogens (tertiary/aromatic N) is 1. The summed E-state index contributed by atoms with van der Waals surface area (Å²) in [5.74, 6) is 1.25. The molecule has 0 unspecified atom stereocenters. The van der Waals surface area contributed by atoms with Crippen LogP contribution in [0.2, 0.25) is 0 Å². The van der Waals surface area contributed by atoms with Crippen LogP contribution in [0.4, 0.5) is 0 Å². The van der Waals surface area contributed by atoms with E-state index in [1.165, 1.54) is 0 Å². The molecule has 1 aromatic heterocycles. The molecule has 0 radical (unpaired) electrons. The highest BCUT2D eigenvalue weighted by molar-refractivity contribution is 5.78. The lowest BCUT2D eigenvalue weighted by molar-refractivity contribution is 0.447. The predicted molar refractivity (Wildman–Crippen MR) is 69.9 cm³/mol. The van der Waals surface area contributed by atoms with Gasteiger partial charge in [0, 0.05) is 17.5 Å². The van der Waals surface area contributed by atoms with E-state index < -0.39 is 0 Å². The van der Waals surface area contributed by atoms with E-state index in [2.05, 4.69) is 4.98 Å². The molecule has 1 heterocycles. The molecule has 0 atom stereocenters. The monoisotopic (exact) mass is 237 g/mol. The quantitative estimate of drug-likeness (QED) is 0.738. The van der Waals surface area contributed by atoms with Crippen LogP contribution in [-0.4, -0.2) is 10.1 Å². The summed E-state index contributed by atoms with van der Waals surface area (Å²) >= 11 is 0. The molecule has 1 N–H and O–H groups in total. The first-order chi connectivity index (χ1) is 8.81. The maximum Gasteiger partial charge on any atom is 0.219 e. The Hall–Kier alpha value is -2.55. The van der Waals surface area contributed by atoms with Crippen LogP contribution in [0, 0.1) is 0 Å². The van der Waals surface area contributed by atoms with E-state index in [0.29, 0.717) is 11.6 Å². The molecule has 0 saturated carbocycles. The van der Waals surface area contributed by atoms with Gasteiger partial charge in [-0.1, -0.05) is 24.3 Å². The van der Waals surface area contributed by atoms with Gasteiger partial charge in [0.2, 0.25) is 5.88 Å². The van der Waals surface area contributed by atoms with E-state index in [1.807, 2.05) is 36.4 Å². The van der Waals surface area contributed by atoms with Gasteiger partial charge in [-0.05, 0) is 24.3 Å². The first kappa shape index (κ1) is 10.6. The van der Waals surface area contributed by atoms with Gasteiger partial charge in [-0.25, -0.2) is 4.98 Å². The summed E-state index contributed by atoms with van der Waals surface area (Å²) in [5, 5.41) is 10.4. The number of aromatic nitrogens is 1. The van der Waals surface area contributed by atoms with Crippen LogP contribution in [0.25, 0.3) is 10.9 Å². The van der Waals surface area contributed by atoms with Crippen LogP contribution in [0.15, 0.2) is 60.7 Å². The fourth-order valence-corrected chi connectivity index (χ4v) is 1.77. The molecule has 0 amide bonds. The summed E-state index contributed by atoms with van der Waals surface area (Å²) in [5.41, 5.74) is 0.884. The van der Waals surface area contributed by atoms with Gasteiger partial charge in [0.05, 0.1) is 5.52 Å². The van der Waals surface area contributed by atoms with E-state index in [1.54, 1.807) is 24.3 Å². The molecule has 3 heteroatoms. The van der Waals surface area contributed by atoms with Crippen molar-refractivity contribution in [3.8, 4) is 17.4 Å². The van der Waals surface area contributed by atoms with Crippen molar-refractivity contribution in [3.63, 3.8) is 0 Å². The van der Waals surface area contributed by atoms with Crippen molar-refractivity contribution < 1.29 is 9.84 Å². The molecule has 3 nitrogen and oxygen atoms in total. The van der Waals surface area contributed by atoms with Crippen molar-refractivity contribution in [1.29, 1.82) is 0 Å². The Balaban J connectivity index is 1.95. The second-order valence-corrected chi connectivity index (χ2v) is 3.94. The van der Waals surface area contributed by atoms with Crippen molar-refractivity contribution in [1.82, 2.24) is 4.98 Å². The van der Waals surface area contributed by atoms with E-state index >= 15 is 0 Å². The molecule has 2 aromatic carbocycles. The minimum Gasteiger partial charge on any atom is -0.508 e. The number of ether oxygens (including phenoxy) is 1. The molecule has 0 saturated heterocycles. The van der Waals surface area contributed by atoms with Crippen molar-refractivity contribution in [2.45, 2.75) is 0 Å². The third-order valence-electron chi connectivity index (χ3n) is 2.61. The fraction of sp³-hybridized carbons (Fsp3) is 0. The lowest BCUT2D eigenvalue weighted by Gasteiger charge is -2.05. The van der Waals surface area contributed by atoms with Gasteiger partial charge in [-0.15, -0.1) is 0 Å². The van der Waals surface area contributed by atoms with Crippen molar-refractivity contribution in [2.24, 2.45) is 0 Å². The molecule has 3 aromatic rings. The van der Waals surface area contributed by atoms with Crippen molar-refractivity contribution in [3.05, 3.63) is 60.7 Å². The number of hydrogen-bond acceptors (Lipinski definition) is 3. The molecule has 0 aliphatic carbocycles. The summed E-state index contributed by atoms with van der Waals surface area (Å²) < 4.78 is 5.60. The molecule has 88 valence electrons. The first-order valence-electron chi connectivity index (χ1n) is 5.64. The Morgan fingerprint density at radius 2 is 1.78 bits per heavy atom. The van der Waals surface area contributed by atoms with Crippen LogP contribution in [0.3, 0.4) is 0 Å². The van der Waals surface area contributed by atoms with Crippen LogP contribution in [0.5, 0.6) is 17.4 Å². The number of benzene rings is 2. The maximum atomic E-state index is 9.36. The number of hydrogen-bond donors (Lipinski definition) is 1. The SMILES string of the molecule is Oc1cccc(Oc2ccc3ccccc3n2)c1. The molecule has 0 fully saturated rings. The minimum atomic E-state index is 0.174. The molecular formula is C15H11NO2. The Morgan fingerprint density at radius 1 is 0.889 bits per heavy atom. The molecule has 18 heavy (non-hydrogen) atoms. The van der Waals surface area contributed by atoms with Crippen LogP contribution >= 0.6 is 0 Å². The van der Waals surface area contributed by atoms with Gasteiger partial charge in [0.15, 0.2) is 0 Å². The standard InChI is InChI=1S/C15H11NO2/c17-12-5-3-6-13(10-12)18-15-9-8-11-4-1-2-7-14(11)16-15/h1-10,17H. The number of aromatic hydroxyl groups is 1. The molecule has 0 spiro atoms. The summed E-state index contributed by atoms with van der Waals surface area (Å²) in [7, 11) is 0. The van der Waals surface area contributed by atoms with E-state index in [9.17, 15) is 5.11 Å². The molecule has 0 aliphatic heterocycles. The largest absolute Gasteiger partial charge is 0.508 e. The van der Waals surface area contributed by atoms with Gasteiger partial charge < -0.3 is 9.84 Å². The third-order valence-corrected chi connectivity index (χ3v) is 2.61. The minimum absolute atomic E-state index is 0.174. The highest BCUT2D eigenvalue weighted by atomic mass is 16.5. The van der Waals surface area contributed by atoms with Gasteiger partial charge >= 0.3 is 0 Å². The first-order valence-corrected chi connectivity index (χ1v) is 5.64. The third kappa shape index (κ3) is 2.11. The lowest BCUT2D eigenvalue weighted by atomic mass is 10.2. The van der Waals surface area contributed by atoms with Gasteiger partial charge in [-0.3, -0.25) is 0 Å². The summed E-state index contributed by atoms with van der Waals surface area (Å²) in [6.45, 7) is 0. The number of fused-ring (bicyclic) bond motifs is 1. The smallest absolute Gasteiger partial charge is 0.219 e. The zero-order valence-electron chi connectivity index (χ0n) is 9.58. The van der Waals surface area contributed by atoms with Crippen LogP contribution < -0.4 is 4.74 Å². The van der Waals surface area contributed by atoms with Gasteiger partial charge in [-0.2, -0.15) is 0 Å². The Kier molecular flexibility index (Phi) is 2.57. The summed E-state index contributed by atoms with van der Waals surface area (Å²) in [6, 6.07) is 18.3. The van der Waals surface area contributed by atoms with Gasteiger partial charge in [0.1, 0.15) is 11.5 Å². The molecule has 0 aliphatic rings. The topological polar surface area (TPSA) is 42.4 Å². The van der Waals surface area contributed by atoms with Crippen molar-refractivity contribution in [2.75, 3.05) is 0 Å². The van der Waals surface area contributed by atoms with Crippen molar-refractivity contribution >= 4 is 10.9 Å². The Morgan fingerprint density at radius 3 is 2.67 bits per heavy atom. The number of pyridine rings is 1. The fourth-order valence-electron chi connectivity index (χ4n) is 1.77. The maximum absolute atomic E-state index is 9.36. The summed E-state index contributed by atoms with van der Waals surface area (Å²) in [6.07, 6.45) is 0. The zero-order valence-corrected chi connectivity index (χ0v) is 9.58.